The molecule has 1 aromatic heterocycles. The Balaban J connectivity index is 2.32. The van der Waals surface area contributed by atoms with Crippen molar-refractivity contribution in [3.63, 3.8) is 0 Å². The summed E-state index contributed by atoms with van der Waals surface area (Å²) in [5, 5.41) is 0. The highest BCUT2D eigenvalue weighted by Crippen LogP contribution is 2.20. The molecule has 72 valence electrons. The van der Waals surface area contributed by atoms with E-state index in [1.807, 2.05) is 0 Å². The molecule has 0 saturated heterocycles. The van der Waals surface area contributed by atoms with Gasteiger partial charge in [0.1, 0.15) is 11.6 Å². The summed E-state index contributed by atoms with van der Waals surface area (Å²) in [5.41, 5.74) is 6.58. The molecule has 0 saturated carbocycles. The second-order valence-electron chi connectivity index (χ2n) is 3.05. The normalized spacial score (nSPS) is 12.7. The fourth-order valence-electron chi connectivity index (χ4n) is 1.33. The summed E-state index contributed by atoms with van der Waals surface area (Å²) in [6.07, 6.45) is 1.55. The van der Waals surface area contributed by atoms with Crippen molar-refractivity contribution in [1.82, 2.24) is 0 Å². The van der Waals surface area contributed by atoms with E-state index in [0.29, 0.717) is 11.3 Å². The van der Waals surface area contributed by atoms with Crippen molar-refractivity contribution >= 4 is 0 Å². The van der Waals surface area contributed by atoms with Gasteiger partial charge in [-0.25, -0.2) is 4.39 Å². The summed E-state index contributed by atoms with van der Waals surface area (Å²) in [5.74, 6) is 0.347. The van der Waals surface area contributed by atoms with E-state index in [9.17, 15) is 4.39 Å². The van der Waals surface area contributed by atoms with Crippen LogP contribution in [0.25, 0.3) is 0 Å². The summed E-state index contributed by atoms with van der Waals surface area (Å²) in [7, 11) is 0. The quantitative estimate of drug-likeness (QED) is 0.791. The fourth-order valence-corrected chi connectivity index (χ4v) is 1.33. The van der Waals surface area contributed by atoms with Crippen LogP contribution in [0.3, 0.4) is 0 Å². The number of benzene rings is 1. The van der Waals surface area contributed by atoms with Crippen LogP contribution >= 0.6 is 0 Å². The molecule has 0 fully saturated rings. The monoisotopic (exact) mass is 191 g/mol. The highest BCUT2D eigenvalue weighted by molar-refractivity contribution is 5.26. The summed E-state index contributed by atoms with van der Waals surface area (Å²) >= 11 is 0. The number of halogens is 1. The Morgan fingerprint density at radius 3 is 2.71 bits per heavy atom. The van der Waals surface area contributed by atoms with Crippen LogP contribution in [-0.2, 0) is 0 Å². The highest BCUT2D eigenvalue weighted by Gasteiger charge is 2.11. The largest absolute Gasteiger partial charge is 0.467 e. The average molecular weight is 191 g/mol. The van der Waals surface area contributed by atoms with Gasteiger partial charge in [0.2, 0.25) is 0 Å². The van der Waals surface area contributed by atoms with E-state index in [1.54, 1.807) is 30.5 Å². The molecule has 0 radical (unpaired) electrons. The maximum Gasteiger partial charge on any atom is 0.124 e. The molecule has 2 rings (SSSR count). The van der Waals surface area contributed by atoms with Gasteiger partial charge in [0.05, 0.1) is 12.3 Å². The zero-order chi connectivity index (χ0) is 9.97. The summed E-state index contributed by atoms with van der Waals surface area (Å²) in [6.45, 7) is 0. The predicted molar refractivity (Wildman–Crippen MR) is 51.1 cm³/mol. The highest BCUT2D eigenvalue weighted by atomic mass is 19.1. The lowest BCUT2D eigenvalue weighted by Crippen LogP contribution is -2.10. The van der Waals surface area contributed by atoms with Crippen molar-refractivity contribution in [2.75, 3.05) is 0 Å². The maximum absolute atomic E-state index is 12.9. The van der Waals surface area contributed by atoms with Crippen LogP contribution in [0.4, 0.5) is 4.39 Å². The van der Waals surface area contributed by atoms with Crippen molar-refractivity contribution in [1.29, 1.82) is 0 Å². The van der Waals surface area contributed by atoms with E-state index in [2.05, 4.69) is 0 Å². The van der Waals surface area contributed by atoms with Crippen LogP contribution in [0.2, 0.25) is 0 Å². The topological polar surface area (TPSA) is 39.2 Å². The smallest absolute Gasteiger partial charge is 0.124 e. The van der Waals surface area contributed by atoms with Crippen molar-refractivity contribution in [2.45, 2.75) is 6.04 Å². The zero-order valence-corrected chi connectivity index (χ0v) is 7.48. The first-order chi connectivity index (χ1) is 6.77. The third-order valence-electron chi connectivity index (χ3n) is 2.06. The molecular formula is C11H10FNO. The Morgan fingerprint density at radius 2 is 2.07 bits per heavy atom. The number of furan rings is 1. The summed E-state index contributed by atoms with van der Waals surface area (Å²) in [4.78, 5) is 0. The fraction of sp³-hybridized carbons (Fsp3) is 0.0909. The van der Waals surface area contributed by atoms with Crippen LogP contribution in [0.15, 0.2) is 47.1 Å². The lowest BCUT2D eigenvalue weighted by molar-refractivity contribution is 0.489. The lowest BCUT2D eigenvalue weighted by Gasteiger charge is -2.08. The zero-order valence-electron chi connectivity index (χ0n) is 7.48. The molecule has 0 spiro atoms. The minimum Gasteiger partial charge on any atom is -0.467 e. The van der Waals surface area contributed by atoms with Gasteiger partial charge in [0.15, 0.2) is 0 Å². The first-order valence-electron chi connectivity index (χ1n) is 4.32. The van der Waals surface area contributed by atoms with Crippen LogP contribution < -0.4 is 5.73 Å². The molecule has 2 aromatic rings. The molecule has 0 bridgehead atoms. The molecule has 0 amide bonds. The lowest BCUT2D eigenvalue weighted by atomic mass is 10.1. The van der Waals surface area contributed by atoms with Gasteiger partial charge in [-0.1, -0.05) is 12.1 Å². The van der Waals surface area contributed by atoms with Gasteiger partial charge in [0, 0.05) is 0 Å². The third-order valence-corrected chi connectivity index (χ3v) is 2.06. The molecule has 0 aliphatic rings. The number of hydrogen-bond acceptors (Lipinski definition) is 2. The summed E-state index contributed by atoms with van der Waals surface area (Å²) < 4.78 is 18.0. The Kier molecular flexibility index (Phi) is 2.33. The van der Waals surface area contributed by atoms with Gasteiger partial charge in [-0.15, -0.1) is 0 Å². The van der Waals surface area contributed by atoms with Crippen LogP contribution in [0.1, 0.15) is 17.4 Å². The predicted octanol–water partition coefficient (Wildman–Crippen LogP) is 2.47. The number of rotatable bonds is 2. The van der Waals surface area contributed by atoms with Crippen molar-refractivity contribution < 1.29 is 8.81 Å². The number of hydrogen-bond donors (Lipinski definition) is 1. The molecule has 1 unspecified atom stereocenters. The minimum absolute atomic E-state index is 0.287. The Morgan fingerprint density at radius 1 is 1.21 bits per heavy atom. The molecular weight excluding hydrogens is 181 g/mol. The Hall–Kier alpha value is -1.61. The van der Waals surface area contributed by atoms with Crippen LogP contribution in [0.5, 0.6) is 0 Å². The molecule has 1 heterocycles. The second kappa shape index (κ2) is 3.64. The van der Waals surface area contributed by atoms with Crippen LogP contribution in [0, 0.1) is 5.82 Å². The molecule has 0 aliphatic heterocycles. The second-order valence-corrected chi connectivity index (χ2v) is 3.05. The van der Waals surface area contributed by atoms with Gasteiger partial charge in [-0.2, -0.15) is 0 Å². The molecule has 2 nitrogen and oxygen atoms in total. The van der Waals surface area contributed by atoms with Crippen LogP contribution in [-0.4, -0.2) is 0 Å². The Bertz CT molecular complexity index is 411. The summed E-state index contributed by atoms with van der Waals surface area (Å²) in [6, 6.07) is 9.33. The molecule has 1 atom stereocenters. The van der Waals surface area contributed by atoms with E-state index in [0.717, 1.165) is 0 Å². The number of nitrogens with two attached hydrogens (primary N) is 1. The van der Waals surface area contributed by atoms with Crippen molar-refractivity contribution in [2.24, 2.45) is 5.73 Å². The molecule has 2 N–H and O–H groups in total. The van der Waals surface area contributed by atoms with Gasteiger partial charge in [-0.3, -0.25) is 0 Å². The Labute approximate surface area is 81.2 Å². The standard InChI is InChI=1S/C11H10FNO/c12-9-4-1-3-8(7-9)11(13)10-5-2-6-14-10/h1-7,11H,13H2. The van der Waals surface area contributed by atoms with Gasteiger partial charge >= 0.3 is 0 Å². The van der Waals surface area contributed by atoms with E-state index in [4.69, 9.17) is 10.2 Å². The minimum atomic E-state index is -0.402. The third kappa shape index (κ3) is 1.67. The van der Waals surface area contributed by atoms with E-state index < -0.39 is 6.04 Å². The molecule has 14 heavy (non-hydrogen) atoms. The van der Waals surface area contributed by atoms with Crippen molar-refractivity contribution in [3.8, 4) is 0 Å². The maximum atomic E-state index is 12.9. The molecule has 1 aromatic carbocycles. The van der Waals surface area contributed by atoms with Gasteiger partial charge in [0.25, 0.3) is 0 Å². The average Bonchev–Trinajstić information content (AvgIpc) is 2.69. The first-order valence-corrected chi connectivity index (χ1v) is 4.32. The van der Waals surface area contributed by atoms with Crippen molar-refractivity contribution in [3.05, 3.63) is 59.8 Å². The molecule has 3 heteroatoms. The van der Waals surface area contributed by atoms with E-state index >= 15 is 0 Å². The van der Waals surface area contributed by atoms with E-state index in [-0.39, 0.29) is 5.82 Å². The van der Waals surface area contributed by atoms with E-state index in [1.165, 1.54) is 12.1 Å². The molecule has 0 aliphatic carbocycles. The van der Waals surface area contributed by atoms with Gasteiger partial charge < -0.3 is 10.2 Å². The van der Waals surface area contributed by atoms with Gasteiger partial charge in [-0.05, 0) is 29.8 Å². The SMILES string of the molecule is NC(c1cccc(F)c1)c1ccco1. The first kappa shape index (κ1) is 8.97.